The monoisotopic (exact) mass is 327 g/mol. The van der Waals surface area contributed by atoms with Gasteiger partial charge in [0.15, 0.2) is 0 Å². The highest BCUT2D eigenvalue weighted by atomic mass is 32.2. The summed E-state index contributed by atoms with van der Waals surface area (Å²) in [5, 5.41) is 3.14. The number of aryl methyl sites for hydroxylation is 1. The molecule has 4 heteroatoms. The Hall–Kier alpha value is -1.94. The molecule has 1 amide bonds. The molecule has 0 saturated heterocycles. The van der Waals surface area contributed by atoms with Gasteiger partial charge in [0.1, 0.15) is 5.75 Å². The summed E-state index contributed by atoms with van der Waals surface area (Å²) >= 11 is 1.86. The van der Waals surface area contributed by atoms with Crippen LogP contribution in [-0.2, 0) is 4.79 Å². The molecule has 2 aromatic rings. The van der Waals surface area contributed by atoms with Crippen molar-refractivity contribution in [2.24, 2.45) is 0 Å². The van der Waals surface area contributed by atoms with Gasteiger partial charge in [0, 0.05) is 10.6 Å². The van der Waals surface area contributed by atoms with Crippen molar-refractivity contribution in [2.45, 2.75) is 30.7 Å². The number of rotatable bonds is 5. The molecule has 3 rings (SSSR count). The minimum Gasteiger partial charge on any atom is -0.493 e. The summed E-state index contributed by atoms with van der Waals surface area (Å²) in [5.74, 6) is 1.94. The third kappa shape index (κ3) is 4.08. The Balaban J connectivity index is 1.52. The van der Waals surface area contributed by atoms with E-state index in [4.69, 9.17) is 4.74 Å². The summed E-state index contributed by atoms with van der Waals surface area (Å²) in [6.07, 6.45) is 1.35. The maximum Gasteiger partial charge on any atom is 0.223 e. The van der Waals surface area contributed by atoms with Crippen molar-refractivity contribution in [1.82, 2.24) is 5.32 Å². The first-order valence-corrected chi connectivity index (χ1v) is 8.92. The van der Waals surface area contributed by atoms with Crippen LogP contribution in [0.15, 0.2) is 53.4 Å². The number of fused-ring (bicyclic) bond motifs is 1. The lowest BCUT2D eigenvalue weighted by atomic mass is 10.0. The molecule has 0 saturated carbocycles. The van der Waals surface area contributed by atoms with E-state index < -0.39 is 0 Å². The maximum atomic E-state index is 12.2. The van der Waals surface area contributed by atoms with E-state index in [0.717, 1.165) is 23.5 Å². The molecule has 1 unspecified atom stereocenters. The van der Waals surface area contributed by atoms with Crippen molar-refractivity contribution >= 4 is 17.7 Å². The average molecular weight is 327 g/mol. The van der Waals surface area contributed by atoms with Crippen LogP contribution in [0, 0.1) is 6.92 Å². The SMILES string of the molecule is Cc1ccccc1OCCC(=O)NC1CCSc2ccccc21. The number of para-hydroxylation sites is 1. The van der Waals surface area contributed by atoms with E-state index in [9.17, 15) is 4.79 Å². The predicted molar refractivity (Wildman–Crippen MR) is 94.0 cm³/mol. The number of carbonyl (C=O) groups excluding carboxylic acids is 1. The van der Waals surface area contributed by atoms with Crippen molar-refractivity contribution in [3.63, 3.8) is 0 Å². The van der Waals surface area contributed by atoms with Gasteiger partial charge in [-0.2, -0.15) is 0 Å². The molecule has 120 valence electrons. The number of carbonyl (C=O) groups is 1. The molecule has 1 atom stereocenters. The number of hydrogen-bond donors (Lipinski definition) is 1. The Morgan fingerprint density at radius 2 is 2.00 bits per heavy atom. The molecule has 1 heterocycles. The van der Waals surface area contributed by atoms with Gasteiger partial charge >= 0.3 is 0 Å². The Bertz CT molecular complexity index is 687. The van der Waals surface area contributed by atoms with Crippen LogP contribution in [0.3, 0.4) is 0 Å². The van der Waals surface area contributed by atoms with Crippen LogP contribution < -0.4 is 10.1 Å². The van der Waals surface area contributed by atoms with Crippen molar-refractivity contribution in [2.75, 3.05) is 12.4 Å². The van der Waals surface area contributed by atoms with Crippen molar-refractivity contribution in [3.8, 4) is 5.75 Å². The third-order valence-corrected chi connectivity index (χ3v) is 5.10. The lowest BCUT2D eigenvalue weighted by molar-refractivity contribution is -0.122. The van der Waals surface area contributed by atoms with E-state index in [1.807, 2.05) is 55.1 Å². The minimum atomic E-state index is 0.0466. The average Bonchev–Trinajstić information content (AvgIpc) is 2.57. The molecular weight excluding hydrogens is 306 g/mol. The van der Waals surface area contributed by atoms with E-state index in [-0.39, 0.29) is 11.9 Å². The predicted octanol–water partition coefficient (Wildman–Crippen LogP) is 4.12. The summed E-state index contributed by atoms with van der Waals surface area (Å²) < 4.78 is 5.70. The molecule has 2 aromatic carbocycles. The first-order valence-electron chi connectivity index (χ1n) is 7.93. The summed E-state index contributed by atoms with van der Waals surface area (Å²) in [6.45, 7) is 2.41. The zero-order chi connectivity index (χ0) is 16.1. The summed E-state index contributed by atoms with van der Waals surface area (Å²) in [4.78, 5) is 13.5. The molecule has 1 aliphatic rings. The van der Waals surface area contributed by atoms with Gasteiger partial charge in [0.25, 0.3) is 0 Å². The summed E-state index contributed by atoms with van der Waals surface area (Å²) in [5.41, 5.74) is 2.32. The molecule has 0 aliphatic carbocycles. The molecule has 0 radical (unpaired) electrons. The van der Waals surface area contributed by atoms with Crippen LogP contribution in [0.2, 0.25) is 0 Å². The Morgan fingerprint density at radius 1 is 1.22 bits per heavy atom. The normalized spacial score (nSPS) is 16.5. The van der Waals surface area contributed by atoms with Crippen molar-refractivity contribution in [3.05, 3.63) is 59.7 Å². The summed E-state index contributed by atoms with van der Waals surface area (Å²) in [7, 11) is 0. The highest BCUT2D eigenvalue weighted by Crippen LogP contribution is 2.35. The second kappa shape index (κ2) is 7.55. The number of hydrogen-bond acceptors (Lipinski definition) is 3. The van der Waals surface area contributed by atoms with E-state index in [1.54, 1.807) is 0 Å². The van der Waals surface area contributed by atoms with Gasteiger partial charge in [0.2, 0.25) is 5.91 Å². The molecule has 0 aromatic heterocycles. The van der Waals surface area contributed by atoms with Crippen molar-refractivity contribution in [1.29, 1.82) is 0 Å². The quantitative estimate of drug-likeness (QED) is 0.898. The minimum absolute atomic E-state index is 0.0466. The molecule has 0 spiro atoms. The van der Waals surface area contributed by atoms with Crippen molar-refractivity contribution < 1.29 is 9.53 Å². The largest absolute Gasteiger partial charge is 0.493 e. The lowest BCUT2D eigenvalue weighted by Crippen LogP contribution is -2.31. The van der Waals surface area contributed by atoms with Crippen LogP contribution >= 0.6 is 11.8 Å². The first kappa shape index (κ1) is 15.9. The molecule has 1 aliphatic heterocycles. The Labute approximate surface area is 141 Å². The number of nitrogens with one attached hydrogen (secondary N) is 1. The van der Waals surface area contributed by atoms with Gasteiger partial charge in [-0.05, 0) is 36.6 Å². The molecule has 0 fully saturated rings. The van der Waals surface area contributed by atoms with Gasteiger partial charge in [-0.3, -0.25) is 4.79 Å². The fourth-order valence-corrected chi connectivity index (χ4v) is 3.86. The van der Waals surface area contributed by atoms with Gasteiger partial charge in [-0.1, -0.05) is 36.4 Å². The zero-order valence-corrected chi connectivity index (χ0v) is 14.1. The van der Waals surface area contributed by atoms with E-state index in [1.165, 1.54) is 10.5 Å². The molecule has 0 bridgehead atoms. The Kier molecular flexibility index (Phi) is 5.23. The maximum absolute atomic E-state index is 12.2. The van der Waals surface area contributed by atoms with Gasteiger partial charge in [0.05, 0.1) is 19.1 Å². The molecule has 3 nitrogen and oxygen atoms in total. The fourth-order valence-electron chi connectivity index (χ4n) is 2.73. The lowest BCUT2D eigenvalue weighted by Gasteiger charge is -2.25. The Morgan fingerprint density at radius 3 is 2.87 bits per heavy atom. The number of ether oxygens (including phenoxy) is 1. The smallest absolute Gasteiger partial charge is 0.223 e. The highest BCUT2D eigenvalue weighted by Gasteiger charge is 2.21. The van der Waals surface area contributed by atoms with Gasteiger partial charge in [-0.25, -0.2) is 0 Å². The third-order valence-electron chi connectivity index (χ3n) is 3.97. The van der Waals surface area contributed by atoms with Crippen LogP contribution in [0.1, 0.15) is 30.0 Å². The number of benzene rings is 2. The second-order valence-corrected chi connectivity index (χ2v) is 6.80. The zero-order valence-electron chi connectivity index (χ0n) is 13.2. The molecular formula is C19H21NO2S. The van der Waals surface area contributed by atoms with Crippen LogP contribution in [-0.4, -0.2) is 18.3 Å². The van der Waals surface area contributed by atoms with Crippen LogP contribution in [0.25, 0.3) is 0 Å². The number of thioether (sulfide) groups is 1. The van der Waals surface area contributed by atoms with Crippen LogP contribution in [0.5, 0.6) is 5.75 Å². The molecule has 1 N–H and O–H groups in total. The first-order chi connectivity index (χ1) is 11.2. The number of amides is 1. The topological polar surface area (TPSA) is 38.3 Å². The van der Waals surface area contributed by atoms with Crippen LogP contribution in [0.4, 0.5) is 0 Å². The van der Waals surface area contributed by atoms with E-state index in [0.29, 0.717) is 13.0 Å². The van der Waals surface area contributed by atoms with Gasteiger partial charge < -0.3 is 10.1 Å². The summed E-state index contributed by atoms with van der Waals surface area (Å²) in [6, 6.07) is 16.3. The fraction of sp³-hybridized carbons (Fsp3) is 0.316. The van der Waals surface area contributed by atoms with E-state index >= 15 is 0 Å². The standard InChI is InChI=1S/C19H21NO2S/c1-14-6-2-4-8-17(14)22-12-10-19(21)20-16-11-13-23-18-9-5-3-7-15(16)18/h2-9,16H,10-13H2,1H3,(H,20,21). The van der Waals surface area contributed by atoms with E-state index in [2.05, 4.69) is 17.4 Å². The van der Waals surface area contributed by atoms with Gasteiger partial charge in [-0.15, -0.1) is 11.8 Å². The highest BCUT2D eigenvalue weighted by molar-refractivity contribution is 7.99. The molecule has 23 heavy (non-hydrogen) atoms. The second-order valence-electron chi connectivity index (χ2n) is 5.66.